The van der Waals surface area contributed by atoms with E-state index >= 15 is 0 Å². The summed E-state index contributed by atoms with van der Waals surface area (Å²) in [5.74, 6) is 1.39. The lowest BCUT2D eigenvalue weighted by Crippen LogP contribution is -2.26. The maximum absolute atomic E-state index is 12.8. The van der Waals surface area contributed by atoms with Crippen LogP contribution in [0.2, 0.25) is 0 Å². The zero-order valence-electron chi connectivity index (χ0n) is 14.6. The third-order valence-corrected chi connectivity index (χ3v) is 4.63. The number of hydrogen-bond acceptors (Lipinski definition) is 4. The van der Waals surface area contributed by atoms with Gasteiger partial charge in [0.05, 0.1) is 12.7 Å². The molecule has 0 radical (unpaired) electrons. The molecule has 0 bridgehead atoms. The summed E-state index contributed by atoms with van der Waals surface area (Å²) in [6.45, 7) is 4.38. The number of carbonyl (C=O) groups excluding carboxylic acids is 1. The predicted octanol–water partition coefficient (Wildman–Crippen LogP) is 1.68. The Labute approximate surface area is 145 Å². The van der Waals surface area contributed by atoms with Crippen molar-refractivity contribution in [1.29, 1.82) is 0 Å². The van der Waals surface area contributed by atoms with Crippen molar-refractivity contribution in [3.05, 3.63) is 47.4 Å². The molecule has 1 aliphatic rings. The Morgan fingerprint density at radius 3 is 2.68 bits per heavy atom. The first-order valence-electron chi connectivity index (χ1n) is 8.40. The first-order valence-corrected chi connectivity index (χ1v) is 8.40. The topological polar surface area (TPSA) is 82.6 Å². The van der Waals surface area contributed by atoms with Gasteiger partial charge in [0.25, 0.3) is 5.91 Å². The van der Waals surface area contributed by atoms with E-state index in [2.05, 4.69) is 20.6 Å². The summed E-state index contributed by atoms with van der Waals surface area (Å²) in [7, 11) is 1.84. The van der Waals surface area contributed by atoms with Gasteiger partial charge in [-0.05, 0) is 38.8 Å². The lowest BCUT2D eigenvalue weighted by molar-refractivity contribution is 0.0949. The second-order valence-electron chi connectivity index (χ2n) is 6.53. The van der Waals surface area contributed by atoms with Crippen LogP contribution in [0, 0.1) is 13.8 Å². The van der Waals surface area contributed by atoms with E-state index in [1.165, 1.54) is 0 Å². The Kier molecular flexibility index (Phi) is 3.67. The maximum atomic E-state index is 12.8. The van der Waals surface area contributed by atoms with Gasteiger partial charge in [-0.15, -0.1) is 10.2 Å². The molecule has 1 amide bonds. The van der Waals surface area contributed by atoms with Crippen LogP contribution in [-0.2, 0) is 13.6 Å². The van der Waals surface area contributed by atoms with Gasteiger partial charge in [0.15, 0.2) is 5.82 Å². The number of aryl methyl sites for hydroxylation is 3. The summed E-state index contributed by atoms with van der Waals surface area (Å²) in [4.78, 5) is 12.8. The first-order chi connectivity index (χ1) is 12.1. The molecule has 1 fully saturated rings. The largest absolute Gasteiger partial charge is 0.345 e. The molecule has 1 saturated carbocycles. The number of amides is 1. The third kappa shape index (κ3) is 2.73. The minimum atomic E-state index is -0.166. The van der Waals surface area contributed by atoms with Crippen molar-refractivity contribution in [1.82, 2.24) is 34.4 Å². The Hall–Kier alpha value is -2.90. The van der Waals surface area contributed by atoms with E-state index in [0.29, 0.717) is 18.2 Å². The zero-order chi connectivity index (χ0) is 17.6. The highest BCUT2D eigenvalue weighted by molar-refractivity contribution is 5.97. The van der Waals surface area contributed by atoms with Crippen molar-refractivity contribution >= 4 is 5.91 Å². The molecule has 25 heavy (non-hydrogen) atoms. The molecule has 0 aromatic carbocycles. The molecular weight excluding hydrogens is 318 g/mol. The average Bonchev–Trinajstić information content (AvgIpc) is 3.08. The van der Waals surface area contributed by atoms with Gasteiger partial charge in [0.1, 0.15) is 17.7 Å². The molecule has 0 spiro atoms. The predicted molar refractivity (Wildman–Crippen MR) is 91.5 cm³/mol. The lowest BCUT2D eigenvalue weighted by atomic mass is 10.3. The maximum Gasteiger partial charge on any atom is 0.257 e. The number of hydrogen-bond donors (Lipinski definition) is 1. The highest BCUT2D eigenvalue weighted by Crippen LogP contribution is 2.35. The van der Waals surface area contributed by atoms with Gasteiger partial charge in [0.2, 0.25) is 0 Å². The van der Waals surface area contributed by atoms with Gasteiger partial charge in [-0.2, -0.15) is 5.10 Å². The fourth-order valence-corrected chi connectivity index (χ4v) is 3.16. The van der Waals surface area contributed by atoms with E-state index in [4.69, 9.17) is 0 Å². The van der Waals surface area contributed by atoms with Crippen LogP contribution in [0.1, 0.15) is 46.5 Å². The van der Waals surface area contributed by atoms with E-state index in [9.17, 15) is 4.79 Å². The number of nitrogens with zero attached hydrogens (tertiary/aromatic N) is 6. The average molecular weight is 339 g/mol. The number of aromatic nitrogens is 6. The molecule has 130 valence electrons. The molecule has 0 unspecified atom stereocenters. The molecule has 1 N–H and O–H groups in total. The molecule has 3 heterocycles. The highest BCUT2D eigenvalue weighted by Gasteiger charge is 2.26. The molecule has 1 aliphatic carbocycles. The molecule has 3 aromatic rings. The van der Waals surface area contributed by atoms with Crippen LogP contribution in [0.3, 0.4) is 0 Å². The van der Waals surface area contributed by atoms with Gasteiger partial charge >= 0.3 is 0 Å². The molecule has 8 nitrogen and oxygen atoms in total. The van der Waals surface area contributed by atoms with Gasteiger partial charge in [-0.25, -0.2) is 0 Å². The first kappa shape index (κ1) is 15.6. The van der Waals surface area contributed by atoms with Gasteiger partial charge in [-0.1, -0.05) is 0 Å². The summed E-state index contributed by atoms with van der Waals surface area (Å²) < 4.78 is 5.81. The van der Waals surface area contributed by atoms with Crippen LogP contribution in [0.4, 0.5) is 0 Å². The van der Waals surface area contributed by atoms with Crippen LogP contribution >= 0.6 is 0 Å². The molecular formula is C17H21N7O. The van der Waals surface area contributed by atoms with Gasteiger partial charge in [-0.3, -0.25) is 9.48 Å². The van der Waals surface area contributed by atoms with Crippen molar-refractivity contribution in [2.24, 2.45) is 7.05 Å². The smallest absolute Gasteiger partial charge is 0.257 e. The van der Waals surface area contributed by atoms with Crippen molar-refractivity contribution in [3.8, 4) is 5.82 Å². The Morgan fingerprint density at radius 2 is 2.00 bits per heavy atom. The summed E-state index contributed by atoms with van der Waals surface area (Å²) >= 11 is 0. The van der Waals surface area contributed by atoms with Crippen molar-refractivity contribution in [2.75, 3.05) is 0 Å². The van der Waals surface area contributed by atoms with Crippen molar-refractivity contribution in [3.63, 3.8) is 0 Å². The summed E-state index contributed by atoms with van der Waals surface area (Å²) in [6, 6.07) is 4.55. The van der Waals surface area contributed by atoms with Crippen LogP contribution in [0.25, 0.3) is 5.82 Å². The van der Waals surface area contributed by atoms with Crippen molar-refractivity contribution in [2.45, 2.75) is 39.3 Å². The van der Waals surface area contributed by atoms with Crippen molar-refractivity contribution < 1.29 is 4.79 Å². The fraction of sp³-hybridized carbons (Fsp3) is 0.412. The summed E-state index contributed by atoms with van der Waals surface area (Å²) in [5, 5.41) is 15.3. The van der Waals surface area contributed by atoms with Gasteiger partial charge in [0, 0.05) is 24.5 Å². The third-order valence-electron chi connectivity index (χ3n) is 4.63. The molecule has 3 aromatic heterocycles. The van der Waals surface area contributed by atoms with E-state index in [0.717, 1.165) is 35.9 Å². The molecule has 0 saturated heterocycles. The number of carbonyl (C=O) groups is 1. The Bertz CT molecular complexity index is 909. The highest BCUT2D eigenvalue weighted by atomic mass is 16.1. The molecule has 8 heteroatoms. The van der Waals surface area contributed by atoms with E-state index < -0.39 is 0 Å². The Morgan fingerprint density at radius 1 is 1.28 bits per heavy atom. The number of rotatable bonds is 5. The Balaban J connectivity index is 1.58. The SMILES string of the molecule is Cc1ccc(C)n1-c1c(C(=O)NCc2nncn2C2CC2)cnn1C. The van der Waals surface area contributed by atoms with E-state index in [-0.39, 0.29) is 5.91 Å². The van der Waals surface area contributed by atoms with Crippen LogP contribution in [0.15, 0.2) is 24.7 Å². The summed E-state index contributed by atoms with van der Waals surface area (Å²) in [5.41, 5.74) is 2.66. The molecule has 0 aliphatic heterocycles. The molecule has 0 atom stereocenters. The fourth-order valence-electron chi connectivity index (χ4n) is 3.16. The molecule has 4 rings (SSSR count). The summed E-state index contributed by atoms with van der Waals surface area (Å²) in [6.07, 6.45) is 5.65. The van der Waals surface area contributed by atoms with Crippen LogP contribution < -0.4 is 5.32 Å². The van der Waals surface area contributed by atoms with Crippen LogP contribution in [-0.4, -0.2) is 35.0 Å². The van der Waals surface area contributed by atoms with Gasteiger partial charge < -0.3 is 14.5 Å². The standard InChI is InChI=1S/C17H21N7O/c1-11-4-5-12(2)24(11)17-14(8-20-22(17)3)16(25)18-9-15-21-19-10-23(15)13-6-7-13/h4-5,8,10,13H,6-7,9H2,1-3H3,(H,18,25). The quantitative estimate of drug-likeness (QED) is 0.767. The second-order valence-corrected chi connectivity index (χ2v) is 6.53. The zero-order valence-corrected chi connectivity index (χ0v) is 14.6. The second kappa shape index (κ2) is 5.87. The van der Waals surface area contributed by atoms with E-state index in [1.54, 1.807) is 17.2 Å². The number of nitrogens with one attached hydrogen (secondary N) is 1. The minimum absolute atomic E-state index is 0.166. The lowest BCUT2D eigenvalue weighted by Gasteiger charge is -2.12. The van der Waals surface area contributed by atoms with E-state index in [1.807, 2.05) is 42.2 Å². The van der Waals surface area contributed by atoms with Crippen LogP contribution in [0.5, 0.6) is 0 Å². The monoisotopic (exact) mass is 339 g/mol. The minimum Gasteiger partial charge on any atom is -0.345 e. The normalized spacial score (nSPS) is 14.0.